The SMILES string of the molecule is Cc1cccc(CNNC(=O)c2cc[n+]([BH2-]C#N)cc2)c1. The summed E-state index contributed by atoms with van der Waals surface area (Å²) in [6, 6.07) is 11.5. The molecular formula is C15H17BN4O. The number of rotatable bonds is 5. The first kappa shape index (κ1) is 14.8. The van der Waals surface area contributed by atoms with Gasteiger partial charge in [0, 0.05) is 18.7 Å². The number of hydrogen-bond acceptors (Lipinski definition) is 3. The lowest BCUT2D eigenvalue weighted by Crippen LogP contribution is -2.40. The maximum absolute atomic E-state index is 11.9. The van der Waals surface area contributed by atoms with Gasteiger partial charge < -0.3 is 4.48 Å². The van der Waals surface area contributed by atoms with Gasteiger partial charge in [0.2, 0.25) is 0 Å². The second kappa shape index (κ2) is 7.22. The van der Waals surface area contributed by atoms with E-state index in [4.69, 9.17) is 5.26 Å². The second-order valence-electron chi connectivity index (χ2n) is 5.00. The molecular weight excluding hydrogens is 263 g/mol. The van der Waals surface area contributed by atoms with Crippen molar-refractivity contribution >= 4 is 13.3 Å². The molecule has 0 aliphatic rings. The van der Waals surface area contributed by atoms with Crippen molar-refractivity contribution < 1.29 is 9.27 Å². The number of aryl methyl sites for hydroxylation is 1. The molecule has 2 aromatic rings. The maximum Gasteiger partial charge on any atom is 0.349 e. The van der Waals surface area contributed by atoms with Crippen molar-refractivity contribution in [1.29, 1.82) is 5.26 Å². The third kappa shape index (κ3) is 4.44. The molecule has 6 heteroatoms. The lowest BCUT2D eigenvalue weighted by molar-refractivity contribution is -0.527. The normalized spacial score (nSPS) is 9.90. The van der Waals surface area contributed by atoms with Crippen LogP contribution in [0.4, 0.5) is 0 Å². The van der Waals surface area contributed by atoms with Gasteiger partial charge in [0.05, 0.1) is 5.56 Å². The number of nitriles is 1. The van der Waals surface area contributed by atoms with Crippen molar-refractivity contribution in [3.05, 3.63) is 65.5 Å². The van der Waals surface area contributed by atoms with Crippen LogP contribution in [0.5, 0.6) is 0 Å². The van der Waals surface area contributed by atoms with Gasteiger partial charge in [-0.3, -0.25) is 10.2 Å². The predicted molar refractivity (Wildman–Crippen MR) is 81.7 cm³/mol. The van der Waals surface area contributed by atoms with Crippen LogP contribution in [0, 0.1) is 18.2 Å². The zero-order valence-corrected chi connectivity index (χ0v) is 12.1. The van der Waals surface area contributed by atoms with Crippen molar-refractivity contribution in [2.24, 2.45) is 0 Å². The molecule has 1 aromatic carbocycles. The van der Waals surface area contributed by atoms with Crippen LogP contribution in [0.15, 0.2) is 48.8 Å². The minimum Gasteiger partial charge on any atom is -0.420 e. The molecule has 21 heavy (non-hydrogen) atoms. The molecule has 0 bridgehead atoms. The van der Waals surface area contributed by atoms with E-state index >= 15 is 0 Å². The molecule has 0 atom stereocenters. The van der Waals surface area contributed by atoms with E-state index in [0.717, 1.165) is 5.56 Å². The van der Waals surface area contributed by atoms with Crippen LogP contribution in [0.1, 0.15) is 21.5 Å². The van der Waals surface area contributed by atoms with E-state index in [1.54, 1.807) is 24.5 Å². The van der Waals surface area contributed by atoms with Gasteiger partial charge in [-0.2, -0.15) is 0 Å². The fourth-order valence-electron chi connectivity index (χ4n) is 2.04. The molecule has 0 aliphatic carbocycles. The van der Waals surface area contributed by atoms with E-state index < -0.39 is 7.41 Å². The molecule has 0 radical (unpaired) electrons. The molecule has 106 valence electrons. The Labute approximate surface area is 124 Å². The van der Waals surface area contributed by atoms with Crippen molar-refractivity contribution in [2.45, 2.75) is 13.5 Å². The molecule has 1 heterocycles. The molecule has 1 aromatic heterocycles. The number of nitrogens with one attached hydrogen (secondary N) is 2. The van der Waals surface area contributed by atoms with Gasteiger partial charge in [-0.1, -0.05) is 35.8 Å². The van der Waals surface area contributed by atoms with Crippen molar-refractivity contribution in [2.75, 3.05) is 0 Å². The van der Waals surface area contributed by atoms with Crippen LogP contribution < -0.4 is 15.3 Å². The highest BCUT2D eigenvalue weighted by molar-refractivity contribution is 6.35. The zero-order chi connectivity index (χ0) is 15.1. The average molecular weight is 280 g/mol. The molecule has 0 saturated heterocycles. The average Bonchev–Trinajstić information content (AvgIpc) is 2.48. The fourth-order valence-corrected chi connectivity index (χ4v) is 2.04. The van der Waals surface area contributed by atoms with Gasteiger partial charge in [-0.25, -0.2) is 10.7 Å². The Morgan fingerprint density at radius 2 is 2.10 bits per heavy atom. The summed E-state index contributed by atoms with van der Waals surface area (Å²) < 4.78 is 1.83. The molecule has 5 nitrogen and oxygen atoms in total. The number of hydrazine groups is 1. The van der Waals surface area contributed by atoms with E-state index in [1.165, 1.54) is 5.56 Å². The third-order valence-corrected chi connectivity index (χ3v) is 3.18. The monoisotopic (exact) mass is 280 g/mol. The molecule has 0 aliphatic heterocycles. The van der Waals surface area contributed by atoms with Crippen molar-refractivity contribution in [3.8, 4) is 5.97 Å². The van der Waals surface area contributed by atoms with E-state index in [1.807, 2.05) is 29.6 Å². The summed E-state index contributed by atoms with van der Waals surface area (Å²) in [5.74, 6) is 1.98. The Balaban J connectivity index is 1.85. The highest BCUT2D eigenvalue weighted by Crippen LogP contribution is 2.02. The lowest BCUT2D eigenvalue weighted by atomic mass is 9.98. The topological polar surface area (TPSA) is 68.8 Å². The number of pyridine rings is 1. The van der Waals surface area contributed by atoms with Crippen LogP contribution in [0.2, 0.25) is 0 Å². The lowest BCUT2D eigenvalue weighted by Gasteiger charge is -2.08. The summed E-state index contributed by atoms with van der Waals surface area (Å²) in [7, 11) is -0.802. The van der Waals surface area contributed by atoms with E-state index in [-0.39, 0.29) is 5.91 Å². The summed E-state index contributed by atoms with van der Waals surface area (Å²) in [6.07, 6.45) is 3.53. The number of carbonyl (C=O) groups is 1. The maximum atomic E-state index is 11.9. The van der Waals surface area contributed by atoms with E-state index in [0.29, 0.717) is 12.1 Å². The van der Waals surface area contributed by atoms with Crippen LogP contribution >= 0.6 is 0 Å². The Bertz CT molecular complexity index is 664. The predicted octanol–water partition coefficient (Wildman–Crippen LogP) is 0.130. The van der Waals surface area contributed by atoms with Gasteiger partial charge in [-0.15, -0.1) is 0 Å². The summed E-state index contributed by atoms with van der Waals surface area (Å²) >= 11 is 0. The van der Waals surface area contributed by atoms with E-state index in [2.05, 4.69) is 22.9 Å². The molecule has 2 N–H and O–H groups in total. The Hall–Kier alpha value is -2.65. The van der Waals surface area contributed by atoms with Crippen LogP contribution in [0.3, 0.4) is 0 Å². The molecule has 1 amide bonds. The van der Waals surface area contributed by atoms with E-state index in [9.17, 15) is 4.79 Å². The van der Waals surface area contributed by atoms with Crippen LogP contribution in [0.25, 0.3) is 0 Å². The third-order valence-electron chi connectivity index (χ3n) is 3.18. The minimum atomic E-state index is -0.802. The van der Waals surface area contributed by atoms with Crippen molar-refractivity contribution in [1.82, 2.24) is 10.9 Å². The number of hydrogen-bond donors (Lipinski definition) is 2. The second-order valence-corrected chi connectivity index (χ2v) is 5.00. The Morgan fingerprint density at radius 3 is 2.76 bits per heavy atom. The molecule has 0 saturated carbocycles. The smallest absolute Gasteiger partial charge is 0.349 e. The highest BCUT2D eigenvalue weighted by Gasteiger charge is 2.05. The summed E-state index contributed by atoms with van der Waals surface area (Å²) in [5, 5.41) is 8.64. The standard InChI is InChI=1S/C15H17BN4O/c1-12-3-2-4-13(9-12)10-18-19-15(21)14-5-7-20(8-6-14)16-11-17/h2-9,18H,10,16H2,1H3,(H,19,21). The van der Waals surface area contributed by atoms with Gasteiger partial charge in [-0.05, 0) is 12.5 Å². The first-order valence-corrected chi connectivity index (χ1v) is 6.91. The summed E-state index contributed by atoms with van der Waals surface area (Å²) in [4.78, 5) is 11.9. The van der Waals surface area contributed by atoms with Gasteiger partial charge in [0.15, 0.2) is 0 Å². The first-order chi connectivity index (χ1) is 10.2. The van der Waals surface area contributed by atoms with Gasteiger partial charge in [0.25, 0.3) is 5.91 Å². The van der Waals surface area contributed by atoms with Crippen LogP contribution in [-0.2, 0) is 6.54 Å². The summed E-state index contributed by atoms with van der Waals surface area (Å²) in [6.45, 7) is 2.60. The highest BCUT2D eigenvalue weighted by atomic mass is 16.2. The number of nitrogens with zero attached hydrogens (tertiary/aromatic N) is 2. The molecule has 2 rings (SSSR count). The number of carbonyl (C=O) groups excluding carboxylic acids is 1. The molecule has 0 fully saturated rings. The van der Waals surface area contributed by atoms with Crippen molar-refractivity contribution in [3.63, 3.8) is 0 Å². The largest absolute Gasteiger partial charge is 0.420 e. The van der Waals surface area contributed by atoms with Gasteiger partial charge >= 0.3 is 7.41 Å². The molecule has 0 unspecified atom stereocenters. The fraction of sp³-hybridized carbons (Fsp3) is 0.133. The van der Waals surface area contributed by atoms with Gasteiger partial charge in [0.1, 0.15) is 12.4 Å². The first-order valence-electron chi connectivity index (χ1n) is 6.91. The van der Waals surface area contributed by atoms with Crippen LogP contribution in [-0.4, -0.2) is 13.3 Å². The number of amides is 1. The Kier molecular flexibility index (Phi) is 5.07. The molecule has 0 spiro atoms. The quantitative estimate of drug-likeness (QED) is 0.604. The Morgan fingerprint density at radius 1 is 1.33 bits per heavy atom. The minimum absolute atomic E-state index is 0.188. The number of benzene rings is 1. The number of aromatic nitrogens is 1. The zero-order valence-electron chi connectivity index (χ0n) is 12.1. The summed E-state index contributed by atoms with van der Waals surface area (Å²) in [5.41, 5.74) is 8.44.